The Morgan fingerprint density at radius 2 is 1.95 bits per heavy atom. The molecule has 22 heavy (non-hydrogen) atoms. The summed E-state index contributed by atoms with van der Waals surface area (Å²) >= 11 is 0.289. The van der Waals surface area contributed by atoms with E-state index in [0.29, 0.717) is 0 Å². The van der Waals surface area contributed by atoms with Crippen LogP contribution in [0.5, 0.6) is 0 Å². The zero-order valence-corrected chi connectivity index (χ0v) is 12.5. The highest BCUT2D eigenvalue weighted by Crippen LogP contribution is 2.31. The molecular weight excluding hydrogens is 327 g/mol. The van der Waals surface area contributed by atoms with E-state index in [2.05, 4.69) is 5.32 Å². The van der Waals surface area contributed by atoms with Crippen molar-refractivity contribution in [2.45, 2.75) is 23.3 Å². The van der Waals surface area contributed by atoms with E-state index in [4.69, 9.17) is 0 Å². The first-order chi connectivity index (χ1) is 10.2. The van der Waals surface area contributed by atoms with Crippen molar-refractivity contribution in [1.29, 1.82) is 0 Å². The number of anilines is 1. The van der Waals surface area contributed by atoms with Crippen LogP contribution in [0.3, 0.4) is 0 Å². The molecule has 9 heteroatoms. The largest absolute Gasteiger partial charge is 0.390 e. The molecule has 0 radical (unpaired) electrons. The fourth-order valence-corrected chi connectivity index (χ4v) is 2.20. The van der Waals surface area contributed by atoms with Crippen LogP contribution in [0.15, 0.2) is 29.2 Å². The Hall–Kier alpha value is -1.35. The van der Waals surface area contributed by atoms with E-state index in [9.17, 15) is 26.7 Å². The molecule has 0 fully saturated rings. The molecule has 0 unspecified atom stereocenters. The summed E-state index contributed by atoms with van der Waals surface area (Å²) in [7, 11) is 1.38. The molecule has 0 saturated carbocycles. The van der Waals surface area contributed by atoms with Crippen molar-refractivity contribution in [3.63, 3.8) is 0 Å². The van der Waals surface area contributed by atoms with E-state index < -0.39 is 24.3 Å². The lowest BCUT2D eigenvalue weighted by Gasteiger charge is -2.18. The number of hydrogen-bond acceptors (Lipinski definition) is 3. The van der Waals surface area contributed by atoms with E-state index in [0.717, 1.165) is 0 Å². The number of carbonyl (C=O) groups excluding carboxylic acids is 1. The monoisotopic (exact) mass is 342 g/mol. The Kier molecular flexibility index (Phi) is 7.08. The van der Waals surface area contributed by atoms with Crippen LogP contribution >= 0.6 is 11.8 Å². The number of thioether (sulfide) groups is 1. The van der Waals surface area contributed by atoms with Gasteiger partial charge in [-0.1, -0.05) is 23.9 Å². The van der Waals surface area contributed by atoms with Gasteiger partial charge in [-0.15, -0.1) is 0 Å². The number of benzene rings is 1. The van der Waals surface area contributed by atoms with E-state index in [1.807, 2.05) is 0 Å². The van der Waals surface area contributed by atoms with E-state index >= 15 is 0 Å². The molecule has 1 amide bonds. The normalized spacial score (nSPS) is 12.0. The Morgan fingerprint density at radius 1 is 1.32 bits per heavy atom. The van der Waals surface area contributed by atoms with Gasteiger partial charge in [0.25, 0.3) is 5.76 Å². The standard InChI is InChI=1S/C13H15F5N2OS/c1-20(7-6-13(16,17)18)8-11(21)19-9-4-2-3-5-10(9)22-12(14)15/h2-5,12H,6-8H2,1H3,(H,19,21). The summed E-state index contributed by atoms with van der Waals surface area (Å²) < 4.78 is 61.0. The molecular formula is C13H15F5N2OS. The number of halogens is 5. The Morgan fingerprint density at radius 3 is 2.55 bits per heavy atom. The van der Waals surface area contributed by atoms with Crippen LogP contribution in [0.25, 0.3) is 0 Å². The third kappa shape index (κ3) is 7.60. The maximum absolute atomic E-state index is 12.4. The first-order valence-corrected chi connectivity index (χ1v) is 7.14. The second kappa shape index (κ2) is 8.33. The van der Waals surface area contributed by atoms with Crippen molar-refractivity contribution in [2.75, 3.05) is 25.5 Å². The van der Waals surface area contributed by atoms with Gasteiger partial charge >= 0.3 is 6.18 Å². The molecule has 0 atom stereocenters. The van der Waals surface area contributed by atoms with E-state index in [1.165, 1.54) is 24.1 Å². The maximum atomic E-state index is 12.4. The number of rotatable bonds is 7. The lowest BCUT2D eigenvalue weighted by molar-refractivity contribution is -0.138. The molecule has 124 valence electrons. The average Bonchev–Trinajstić information content (AvgIpc) is 2.37. The summed E-state index contributed by atoms with van der Waals surface area (Å²) in [6.07, 6.45) is -5.31. The minimum atomic E-state index is -4.29. The summed E-state index contributed by atoms with van der Waals surface area (Å²) in [5.74, 6) is -3.19. The second-order valence-corrected chi connectivity index (χ2v) is 5.56. The van der Waals surface area contributed by atoms with Gasteiger partial charge in [0.1, 0.15) is 0 Å². The topological polar surface area (TPSA) is 32.3 Å². The van der Waals surface area contributed by atoms with Gasteiger partial charge in [0, 0.05) is 11.4 Å². The first kappa shape index (κ1) is 18.7. The zero-order chi connectivity index (χ0) is 16.8. The summed E-state index contributed by atoms with van der Waals surface area (Å²) in [5, 5.41) is 2.43. The van der Waals surface area contributed by atoms with Gasteiger partial charge in [-0.2, -0.15) is 22.0 Å². The maximum Gasteiger partial charge on any atom is 0.390 e. The summed E-state index contributed by atoms with van der Waals surface area (Å²) in [6, 6.07) is 6.01. The van der Waals surface area contributed by atoms with Crippen molar-refractivity contribution in [3.05, 3.63) is 24.3 Å². The Bertz CT molecular complexity index is 496. The third-order valence-electron chi connectivity index (χ3n) is 2.57. The molecule has 1 rings (SSSR count). The highest BCUT2D eigenvalue weighted by atomic mass is 32.2. The molecule has 0 aromatic heterocycles. The molecule has 1 aromatic carbocycles. The smallest absolute Gasteiger partial charge is 0.324 e. The zero-order valence-electron chi connectivity index (χ0n) is 11.7. The molecule has 0 aliphatic rings. The second-order valence-electron chi connectivity index (χ2n) is 4.53. The van der Waals surface area contributed by atoms with Crippen LogP contribution in [0.2, 0.25) is 0 Å². The van der Waals surface area contributed by atoms with Gasteiger partial charge < -0.3 is 5.32 Å². The number of amides is 1. The first-order valence-electron chi connectivity index (χ1n) is 6.26. The number of hydrogen-bond donors (Lipinski definition) is 1. The van der Waals surface area contributed by atoms with E-state index in [1.54, 1.807) is 12.1 Å². The predicted molar refractivity (Wildman–Crippen MR) is 75.1 cm³/mol. The number of carbonyl (C=O) groups is 1. The van der Waals surface area contributed by atoms with Crippen molar-refractivity contribution in [1.82, 2.24) is 4.90 Å². The van der Waals surface area contributed by atoms with Crippen molar-refractivity contribution in [2.24, 2.45) is 0 Å². The van der Waals surface area contributed by atoms with Gasteiger partial charge in [-0.05, 0) is 19.2 Å². The molecule has 0 saturated heterocycles. The van der Waals surface area contributed by atoms with Crippen molar-refractivity contribution >= 4 is 23.4 Å². The quantitative estimate of drug-likeness (QED) is 0.604. The minimum absolute atomic E-state index is 0.198. The SMILES string of the molecule is CN(CCC(F)(F)F)CC(=O)Nc1ccccc1SC(F)F. The fourth-order valence-electron chi connectivity index (χ4n) is 1.60. The number of likely N-dealkylation sites (N-methyl/N-ethyl adjacent to an activating group) is 1. The number of nitrogens with zero attached hydrogens (tertiary/aromatic N) is 1. The molecule has 0 aliphatic heterocycles. The number of para-hydroxylation sites is 1. The number of alkyl halides is 5. The predicted octanol–water partition coefficient (Wildman–Crippen LogP) is 3.82. The highest BCUT2D eigenvalue weighted by Gasteiger charge is 2.27. The Balaban J connectivity index is 2.55. The summed E-state index contributed by atoms with van der Waals surface area (Å²) in [6.45, 7) is -0.575. The molecule has 1 aromatic rings. The van der Waals surface area contributed by atoms with Crippen molar-refractivity contribution < 1.29 is 26.7 Å². The number of nitrogens with one attached hydrogen (secondary N) is 1. The summed E-state index contributed by atoms with van der Waals surface area (Å²) in [5.41, 5.74) is 0.210. The molecule has 1 N–H and O–H groups in total. The third-order valence-corrected chi connectivity index (χ3v) is 3.36. The molecule has 0 bridgehead atoms. The fraction of sp³-hybridized carbons (Fsp3) is 0.462. The molecule has 0 aliphatic carbocycles. The van der Waals surface area contributed by atoms with Crippen LogP contribution < -0.4 is 5.32 Å². The van der Waals surface area contributed by atoms with Gasteiger partial charge in [0.2, 0.25) is 5.91 Å². The van der Waals surface area contributed by atoms with Crippen LogP contribution in [0, 0.1) is 0 Å². The molecule has 0 spiro atoms. The van der Waals surface area contributed by atoms with Gasteiger partial charge in [-0.25, -0.2) is 0 Å². The summed E-state index contributed by atoms with van der Waals surface area (Å²) in [4.78, 5) is 13.2. The minimum Gasteiger partial charge on any atom is -0.324 e. The van der Waals surface area contributed by atoms with E-state index in [-0.39, 0.29) is 35.4 Å². The van der Waals surface area contributed by atoms with Crippen LogP contribution in [-0.2, 0) is 4.79 Å². The lowest BCUT2D eigenvalue weighted by atomic mass is 10.3. The van der Waals surface area contributed by atoms with Gasteiger partial charge in [0.15, 0.2) is 0 Å². The van der Waals surface area contributed by atoms with Crippen LogP contribution in [-0.4, -0.2) is 42.9 Å². The van der Waals surface area contributed by atoms with Crippen LogP contribution in [0.1, 0.15) is 6.42 Å². The van der Waals surface area contributed by atoms with Gasteiger partial charge in [0.05, 0.1) is 18.7 Å². The molecule has 0 heterocycles. The molecule has 3 nitrogen and oxygen atoms in total. The van der Waals surface area contributed by atoms with Crippen LogP contribution in [0.4, 0.5) is 27.6 Å². The van der Waals surface area contributed by atoms with Gasteiger partial charge in [-0.3, -0.25) is 9.69 Å². The van der Waals surface area contributed by atoms with Crippen molar-refractivity contribution in [3.8, 4) is 0 Å². The average molecular weight is 342 g/mol. The highest BCUT2D eigenvalue weighted by molar-refractivity contribution is 7.99. The Labute approximate surface area is 128 Å². The lowest BCUT2D eigenvalue weighted by Crippen LogP contribution is -2.32.